The minimum Gasteiger partial charge on any atom is -0.356 e. The molecule has 164 valence electrons. The van der Waals surface area contributed by atoms with Gasteiger partial charge in [0.2, 0.25) is 5.91 Å². The van der Waals surface area contributed by atoms with Crippen molar-refractivity contribution in [2.24, 2.45) is 5.92 Å². The van der Waals surface area contributed by atoms with Gasteiger partial charge in [0.25, 0.3) is 0 Å². The molecule has 0 aliphatic carbocycles. The van der Waals surface area contributed by atoms with Gasteiger partial charge < -0.3 is 26.2 Å². The van der Waals surface area contributed by atoms with Crippen LogP contribution in [0.1, 0.15) is 25.3 Å². The molecule has 0 spiro atoms. The molecule has 0 aromatic heterocycles. The summed E-state index contributed by atoms with van der Waals surface area (Å²) in [5.74, 6) is -0.169. The van der Waals surface area contributed by atoms with E-state index in [4.69, 9.17) is 0 Å². The van der Waals surface area contributed by atoms with Crippen molar-refractivity contribution in [3.63, 3.8) is 0 Å². The Balaban J connectivity index is 1.50. The van der Waals surface area contributed by atoms with Crippen LogP contribution < -0.4 is 21.3 Å². The summed E-state index contributed by atoms with van der Waals surface area (Å²) in [7, 11) is 0. The number of hydrogen-bond donors (Lipinski definition) is 4. The lowest BCUT2D eigenvalue weighted by Gasteiger charge is -2.32. The van der Waals surface area contributed by atoms with E-state index in [1.54, 1.807) is 29.2 Å². The highest BCUT2D eigenvalue weighted by molar-refractivity contribution is 6.00. The first-order chi connectivity index (χ1) is 14.9. The Morgan fingerprint density at radius 1 is 0.903 bits per heavy atom. The van der Waals surface area contributed by atoms with Crippen molar-refractivity contribution >= 4 is 35.0 Å². The van der Waals surface area contributed by atoms with Crippen molar-refractivity contribution in [1.29, 1.82) is 0 Å². The number of aryl methyl sites for hydroxylation is 1. The summed E-state index contributed by atoms with van der Waals surface area (Å²) in [6.07, 6.45) is 1.59. The molecule has 1 saturated heterocycles. The predicted octanol–water partition coefficient (Wildman–Crippen LogP) is 4.02. The van der Waals surface area contributed by atoms with Crippen LogP contribution in [-0.2, 0) is 4.79 Å². The van der Waals surface area contributed by atoms with E-state index < -0.39 is 0 Å². The van der Waals surface area contributed by atoms with Gasteiger partial charge in [-0.3, -0.25) is 4.79 Å². The summed E-state index contributed by atoms with van der Waals surface area (Å²) in [5.41, 5.74) is 3.05. The number of nitrogens with one attached hydrogen (secondary N) is 4. The zero-order valence-electron chi connectivity index (χ0n) is 17.9. The van der Waals surface area contributed by atoms with Crippen molar-refractivity contribution in [3.05, 3.63) is 54.1 Å². The number of carbonyl (C=O) groups is 3. The van der Waals surface area contributed by atoms with Gasteiger partial charge in [0.15, 0.2) is 0 Å². The molecule has 1 aliphatic heterocycles. The smallest absolute Gasteiger partial charge is 0.323 e. The molecule has 3 rings (SSSR count). The Bertz CT molecular complexity index is 912. The summed E-state index contributed by atoms with van der Waals surface area (Å²) in [6, 6.07) is 13.8. The van der Waals surface area contributed by atoms with Crippen molar-refractivity contribution < 1.29 is 14.4 Å². The van der Waals surface area contributed by atoms with Gasteiger partial charge in [-0.05, 0) is 63.1 Å². The maximum atomic E-state index is 12.6. The van der Waals surface area contributed by atoms with Crippen LogP contribution in [0.3, 0.4) is 0 Å². The van der Waals surface area contributed by atoms with E-state index in [2.05, 4.69) is 21.3 Å². The maximum absolute atomic E-state index is 12.6. The van der Waals surface area contributed by atoms with Gasteiger partial charge in [-0.2, -0.15) is 0 Å². The van der Waals surface area contributed by atoms with Crippen molar-refractivity contribution in [1.82, 2.24) is 10.2 Å². The van der Waals surface area contributed by atoms with Crippen LogP contribution in [0, 0.1) is 12.8 Å². The summed E-state index contributed by atoms with van der Waals surface area (Å²) in [4.78, 5) is 38.5. The Kier molecular flexibility index (Phi) is 7.48. The van der Waals surface area contributed by atoms with Crippen LogP contribution in [0.4, 0.5) is 26.7 Å². The average Bonchev–Trinajstić information content (AvgIpc) is 2.77. The van der Waals surface area contributed by atoms with Gasteiger partial charge in [-0.25, -0.2) is 9.59 Å². The van der Waals surface area contributed by atoms with Crippen LogP contribution >= 0.6 is 0 Å². The van der Waals surface area contributed by atoms with Gasteiger partial charge in [0.05, 0.1) is 5.92 Å². The molecule has 8 nitrogen and oxygen atoms in total. The van der Waals surface area contributed by atoms with Crippen LogP contribution in [0.5, 0.6) is 0 Å². The molecular weight excluding hydrogens is 394 g/mol. The summed E-state index contributed by atoms with van der Waals surface area (Å²) >= 11 is 0. The second-order valence-corrected chi connectivity index (χ2v) is 7.63. The van der Waals surface area contributed by atoms with Crippen LogP contribution in [0.15, 0.2) is 48.5 Å². The SMILES string of the molecule is CCNC(=O)[C@H]1CCCN(C(=O)Nc2ccc(NC(=O)Nc3ccc(C)cc3)cc2)C1. The van der Waals surface area contributed by atoms with E-state index in [-0.39, 0.29) is 23.9 Å². The number of likely N-dealkylation sites (tertiary alicyclic amines) is 1. The number of rotatable bonds is 5. The molecule has 0 radical (unpaired) electrons. The van der Waals surface area contributed by atoms with E-state index in [0.29, 0.717) is 36.7 Å². The Morgan fingerprint density at radius 3 is 2.03 bits per heavy atom. The Hall–Kier alpha value is -3.55. The quantitative estimate of drug-likeness (QED) is 0.584. The highest BCUT2D eigenvalue weighted by Crippen LogP contribution is 2.19. The van der Waals surface area contributed by atoms with Crippen molar-refractivity contribution in [2.45, 2.75) is 26.7 Å². The minimum absolute atomic E-state index is 0.000610. The molecule has 0 unspecified atom stereocenters. The highest BCUT2D eigenvalue weighted by Gasteiger charge is 2.28. The van der Waals surface area contributed by atoms with Crippen molar-refractivity contribution in [3.8, 4) is 0 Å². The van der Waals surface area contributed by atoms with Gasteiger partial charge in [-0.1, -0.05) is 17.7 Å². The molecule has 31 heavy (non-hydrogen) atoms. The molecule has 5 amide bonds. The first kappa shape index (κ1) is 22.1. The molecule has 1 aliphatic rings. The van der Waals surface area contributed by atoms with Crippen LogP contribution in [0.25, 0.3) is 0 Å². The van der Waals surface area contributed by atoms with Gasteiger partial charge >= 0.3 is 12.1 Å². The van der Waals surface area contributed by atoms with Gasteiger partial charge in [0, 0.05) is 36.7 Å². The minimum atomic E-state index is -0.342. The molecular formula is C23H29N5O3. The second kappa shape index (κ2) is 10.5. The second-order valence-electron chi connectivity index (χ2n) is 7.63. The zero-order valence-corrected chi connectivity index (χ0v) is 17.9. The number of nitrogens with zero attached hydrogens (tertiary/aromatic N) is 1. The molecule has 0 bridgehead atoms. The molecule has 2 aromatic carbocycles. The number of piperidine rings is 1. The standard InChI is InChI=1S/C23H29N5O3/c1-3-24-21(29)17-5-4-14-28(15-17)23(31)27-20-12-10-19(11-13-20)26-22(30)25-18-8-6-16(2)7-9-18/h6-13,17H,3-5,14-15H2,1-2H3,(H,24,29)(H,27,31)(H2,25,26,30)/t17-/m0/s1. The van der Waals surface area contributed by atoms with Gasteiger partial charge in [0.1, 0.15) is 0 Å². The number of benzene rings is 2. The number of carbonyl (C=O) groups excluding carboxylic acids is 3. The topological polar surface area (TPSA) is 103 Å². The lowest BCUT2D eigenvalue weighted by atomic mass is 9.97. The maximum Gasteiger partial charge on any atom is 0.323 e. The third-order valence-electron chi connectivity index (χ3n) is 5.13. The molecule has 2 aromatic rings. The van der Waals surface area contributed by atoms with Crippen molar-refractivity contribution in [2.75, 3.05) is 35.6 Å². The summed E-state index contributed by atoms with van der Waals surface area (Å²) in [6.45, 7) is 5.49. The average molecular weight is 424 g/mol. The lowest BCUT2D eigenvalue weighted by Crippen LogP contribution is -2.46. The molecule has 1 heterocycles. The third-order valence-corrected chi connectivity index (χ3v) is 5.13. The Labute approximate surface area is 182 Å². The summed E-state index contributed by atoms with van der Waals surface area (Å²) < 4.78 is 0. The van der Waals surface area contributed by atoms with E-state index in [0.717, 1.165) is 18.4 Å². The molecule has 1 atom stereocenters. The highest BCUT2D eigenvalue weighted by atomic mass is 16.2. The van der Waals surface area contributed by atoms with Crippen LogP contribution in [-0.4, -0.2) is 42.5 Å². The fourth-order valence-electron chi connectivity index (χ4n) is 3.46. The molecule has 4 N–H and O–H groups in total. The van der Waals surface area contributed by atoms with E-state index in [9.17, 15) is 14.4 Å². The van der Waals surface area contributed by atoms with Crippen LogP contribution in [0.2, 0.25) is 0 Å². The van der Waals surface area contributed by atoms with E-state index in [1.165, 1.54) is 0 Å². The monoisotopic (exact) mass is 423 g/mol. The first-order valence-electron chi connectivity index (χ1n) is 10.5. The Morgan fingerprint density at radius 2 is 1.45 bits per heavy atom. The molecule has 8 heteroatoms. The van der Waals surface area contributed by atoms with E-state index in [1.807, 2.05) is 38.1 Å². The molecule has 1 fully saturated rings. The normalized spacial score (nSPS) is 15.7. The lowest BCUT2D eigenvalue weighted by molar-refractivity contribution is -0.126. The van der Waals surface area contributed by atoms with E-state index >= 15 is 0 Å². The fraction of sp³-hybridized carbons (Fsp3) is 0.348. The number of anilines is 3. The summed E-state index contributed by atoms with van der Waals surface area (Å²) in [5, 5.41) is 11.2. The third kappa shape index (κ3) is 6.47. The largest absolute Gasteiger partial charge is 0.356 e. The zero-order chi connectivity index (χ0) is 22.2. The first-order valence-corrected chi connectivity index (χ1v) is 10.5. The number of urea groups is 2. The van der Waals surface area contributed by atoms with Gasteiger partial charge in [-0.15, -0.1) is 0 Å². The number of amides is 5. The predicted molar refractivity (Wildman–Crippen MR) is 122 cm³/mol. The fourth-order valence-corrected chi connectivity index (χ4v) is 3.46. The molecule has 0 saturated carbocycles. The number of hydrogen-bond acceptors (Lipinski definition) is 3.